The predicted molar refractivity (Wildman–Crippen MR) is 139 cm³/mol. The number of aromatic nitrogens is 3. The first kappa shape index (κ1) is 22.7. The van der Waals surface area contributed by atoms with Crippen molar-refractivity contribution in [2.75, 3.05) is 5.32 Å². The van der Waals surface area contributed by atoms with Crippen LogP contribution in [0, 0.1) is 0 Å². The van der Waals surface area contributed by atoms with Crippen molar-refractivity contribution in [2.24, 2.45) is 0 Å². The van der Waals surface area contributed by atoms with Gasteiger partial charge in [0.2, 0.25) is 0 Å². The number of benzene rings is 3. The molecular weight excluding hydrogens is 456 g/mol. The highest BCUT2D eigenvalue weighted by Crippen LogP contribution is 2.38. The fourth-order valence-electron chi connectivity index (χ4n) is 3.57. The molecule has 0 radical (unpaired) electrons. The van der Waals surface area contributed by atoms with E-state index in [0.29, 0.717) is 18.1 Å². The van der Waals surface area contributed by atoms with Crippen LogP contribution in [-0.2, 0) is 13.0 Å². The average molecular weight is 481 g/mol. The maximum Gasteiger partial charge on any atom is 0.164 e. The van der Waals surface area contributed by atoms with E-state index in [0.717, 1.165) is 44.3 Å². The lowest BCUT2D eigenvalue weighted by atomic mass is 10.2. The second-order valence-electron chi connectivity index (χ2n) is 7.90. The van der Waals surface area contributed by atoms with Crippen LogP contribution in [0.3, 0.4) is 0 Å². The Morgan fingerprint density at radius 1 is 0.914 bits per heavy atom. The third-order valence-corrected chi connectivity index (χ3v) is 6.52. The molecule has 174 valence electrons. The highest BCUT2D eigenvalue weighted by atomic mass is 32.2. The van der Waals surface area contributed by atoms with Gasteiger partial charge in [0, 0.05) is 21.6 Å². The molecule has 0 spiro atoms. The number of nitrogens with zero attached hydrogens (tertiary/aromatic N) is 3. The molecule has 0 aliphatic carbocycles. The summed E-state index contributed by atoms with van der Waals surface area (Å²) >= 11 is 1.59. The Morgan fingerprint density at radius 3 is 2.54 bits per heavy atom. The molecule has 7 heteroatoms. The van der Waals surface area contributed by atoms with Crippen molar-refractivity contribution in [3.63, 3.8) is 0 Å². The van der Waals surface area contributed by atoms with Crippen LogP contribution in [0.4, 0.5) is 11.5 Å². The zero-order valence-electron chi connectivity index (χ0n) is 19.2. The van der Waals surface area contributed by atoms with Gasteiger partial charge >= 0.3 is 0 Å². The highest BCUT2D eigenvalue weighted by Gasteiger charge is 2.12. The molecule has 0 fully saturated rings. The normalized spacial score (nSPS) is 10.9. The molecule has 0 unspecified atom stereocenters. The minimum atomic E-state index is 0.240. The van der Waals surface area contributed by atoms with Crippen molar-refractivity contribution in [1.29, 1.82) is 0 Å². The van der Waals surface area contributed by atoms with Crippen molar-refractivity contribution < 1.29 is 9.84 Å². The number of nitrogens with one attached hydrogen (secondary N) is 1. The number of phenols is 1. The van der Waals surface area contributed by atoms with Crippen LogP contribution in [0.5, 0.6) is 11.5 Å². The first-order chi connectivity index (χ1) is 17.2. The third kappa shape index (κ3) is 5.53. The maximum atomic E-state index is 9.64. The van der Waals surface area contributed by atoms with Gasteiger partial charge in [-0.15, -0.1) is 0 Å². The summed E-state index contributed by atoms with van der Waals surface area (Å²) in [4.78, 5) is 15.5. The molecule has 2 aromatic heterocycles. The number of hydrogen-bond donors (Lipinski definition) is 2. The van der Waals surface area contributed by atoms with Crippen LogP contribution in [0.1, 0.15) is 18.2 Å². The topological polar surface area (TPSA) is 80.2 Å². The molecular formula is C28H24N4O2S. The molecule has 0 bridgehead atoms. The minimum Gasteiger partial charge on any atom is -0.508 e. The molecule has 2 heterocycles. The number of pyridine rings is 1. The van der Waals surface area contributed by atoms with Crippen molar-refractivity contribution in [3.8, 4) is 11.5 Å². The van der Waals surface area contributed by atoms with E-state index in [1.54, 1.807) is 23.9 Å². The Hall–Kier alpha value is -4.10. The van der Waals surface area contributed by atoms with Crippen LogP contribution < -0.4 is 10.1 Å². The van der Waals surface area contributed by atoms with Gasteiger partial charge in [0.15, 0.2) is 5.65 Å². The Kier molecular flexibility index (Phi) is 6.77. The maximum absolute atomic E-state index is 9.64. The van der Waals surface area contributed by atoms with Gasteiger partial charge in [-0.3, -0.25) is 0 Å². The largest absolute Gasteiger partial charge is 0.508 e. The number of anilines is 2. The Bertz CT molecular complexity index is 1440. The second kappa shape index (κ2) is 10.4. The van der Waals surface area contributed by atoms with E-state index >= 15 is 0 Å². The molecule has 5 aromatic rings. The Balaban J connectivity index is 1.48. The van der Waals surface area contributed by atoms with E-state index in [1.807, 2.05) is 72.8 Å². The summed E-state index contributed by atoms with van der Waals surface area (Å²) in [5.41, 5.74) is 3.60. The van der Waals surface area contributed by atoms with Gasteiger partial charge < -0.3 is 15.2 Å². The molecule has 35 heavy (non-hydrogen) atoms. The molecule has 0 amide bonds. The summed E-state index contributed by atoms with van der Waals surface area (Å²) in [6.07, 6.45) is 2.37. The van der Waals surface area contributed by atoms with Crippen LogP contribution in [0.15, 0.2) is 101 Å². The van der Waals surface area contributed by atoms with E-state index in [9.17, 15) is 5.11 Å². The van der Waals surface area contributed by atoms with Crippen LogP contribution in [0.2, 0.25) is 0 Å². The lowest BCUT2D eigenvalue weighted by Gasteiger charge is -2.15. The molecule has 0 saturated heterocycles. The second-order valence-corrected chi connectivity index (χ2v) is 9.02. The van der Waals surface area contributed by atoms with Crippen LogP contribution in [-0.4, -0.2) is 20.1 Å². The van der Waals surface area contributed by atoms with E-state index in [2.05, 4.69) is 27.2 Å². The molecule has 0 aliphatic heterocycles. The third-order valence-electron chi connectivity index (χ3n) is 5.43. The number of hydrogen-bond acceptors (Lipinski definition) is 7. The summed E-state index contributed by atoms with van der Waals surface area (Å²) in [6, 6.07) is 27.2. The first-order valence-corrected chi connectivity index (χ1v) is 12.1. The summed E-state index contributed by atoms with van der Waals surface area (Å²) in [6.45, 7) is 2.55. The van der Waals surface area contributed by atoms with E-state index in [-0.39, 0.29) is 5.75 Å². The molecule has 0 atom stereocenters. The van der Waals surface area contributed by atoms with Gasteiger partial charge in [-0.2, -0.15) is 0 Å². The van der Waals surface area contributed by atoms with Crippen molar-refractivity contribution in [1.82, 2.24) is 15.0 Å². The number of phenolic OH excluding ortho intramolecular Hbond substituents is 1. The summed E-state index contributed by atoms with van der Waals surface area (Å²) < 4.78 is 6.08. The Labute approximate surface area is 208 Å². The van der Waals surface area contributed by atoms with E-state index < -0.39 is 0 Å². The smallest absolute Gasteiger partial charge is 0.164 e. The molecule has 3 aromatic carbocycles. The van der Waals surface area contributed by atoms with Gasteiger partial charge in [-0.1, -0.05) is 49.0 Å². The fraction of sp³-hybridized carbons (Fsp3) is 0.107. The minimum absolute atomic E-state index is 0.240. The molecule has 0 saturated carbocycles. The van der Waals surface area contributed by atoms with Gasteiger partial charge in [-0.05, 0) is 60.5 Å². The number of aromatic hydroxyl groups is 1. The van der Waals surface area contributed by atoms with Gasteiger partial charge in [0.05, 0.1) is 11.1 Å². The molecule has 2 N–H and O–H groups in total. The van der Waals surface area contributed by atoms with Gasteiger partial charge in [0.1, 0.15) is 30.3 Å². The lowest BCUT2D eigenvalue weighted by molar-refractivity contribution is 0.306. The van der Waals surface area contributed by atoms with E-state index in [1.165, 1.54) is 6.33 Å². The summed E-state index contributed by atoms with van der Waals surface area (Å²) in [7, 11) is 0. The highest BCUT2D eigenvalue weighted by molar-refractivity contribution is 7.99. The number of fused-ring (bicyclic) bond motifs is 1. The number of rotatable bonds is 8. The first-order valence-electron chi connectivity index (χ1n) is 11.3. The lowest BCUT2D eigenvalue weighted by Crippen LogP contribution is -2.01. The predicted octanol–water partition coefficient (Wildman–Crippen LogP) is 6.77. The van der Waals surface area contributed by atoms with Crippen molar-refractivity contribution in [2.45, 2.75) is 29.7 Å². The summed E-state index contributed by atoms with van der Waals surface area (Å²) in [5.74, 6) is 1.66. The SMILES string of the molecule is CCc1ccc2c(Nc3cc(OCc4ccccc4)ccc3Sc3ccc(O)cc3)ncnc2n1. The molecule has 5 rings (SSSR count). The number of ether oxygens (including phenoxy) is 1. The quantitative estimate of drug-likeness (QED) is 0.254. The standard InChI is InChI=1S/C28H24N4O2S/c1-2-20-8-14-24-27(31-20)29-18-30-28(24)32-25-16-22(34-17-19-6-4-3-5-7-19)11-15-26(25)35-23-12-9-21(33)10-13-23/h3-16,18,33H,2,17H2,1H3,(H,29,30,31,32). The molecule has 0 aliphatic rings. The Morgan fingerprint density at radius 2 is 1.74 bits per heavy atom. The van der Waals surface area contributed by atoms with Crippen molar-refractivity contribution >= 4 is 34.3 Å². The van der Waals surface area contributed by atoms with Crippen LogP contribution in [0.25, 0.3) is 11.0 Å². The monoisotopic (exact) mass is 480 g/mol. The molecule has 6 nitrogen and oxygen atoms in total. The van der Waals surface area contributed by atoms with Crippen molar-refractivity contribution in [3.05, 3.63) is 103 Å². The zero-order chi connectivity index (χ0) is 24.0. The van der Waals surface area contributed by atoms with Gasteiger partial charge in [0.25, 0.3) is 0 Å². The average Bonchev–Trinajstić information content (AvgIpc) is 2.90. The number of aryl methyl sites for hydroxylation is 1. The van der Waals surface area contributed by atoms with Gasteiger partial charge in [-0.25, -0.2) is 15.0 Å². The van der Waals surface area contributed by atoms with Crippen LogP contribution >= 0.6 is 11.8 Å². The van der Waals surface area contributed by atoms with E-state index in [4.69, 9.17) is 4.74 Å². The fourth-order valence-corrected chi connectivity index (χ4v) is 4.46. The zero-order valence-corrected chi connectivity index (χ0v) is 20.0. The summed E-state index contributed by atoms with van der Waals surface area (Å²) in [5, 5.41) is 14.0.